The van der Waals surface area contributed by atoms with Crippen molar-refractivity contribution in [2.75, 3.05) is 29.6 Å². The van der Waals surface area contributed by atoms with E-state index in [9.17, 15) is 9.59 Å². The lowest BCUT2D eigenvalue weighted by molar-refractivity contribution is -0.131. The van der Waals surface area contributed by atoms with Gasteiger partial charge in [-0.25, -0.2) is 0 Å². The molecule has 4 nitrogen and oxygen atoms in total. The summed E-state index contributed by atoms with van der Waals surface area (Å²) in [6.07, 6.45) is 2.01. The highest BCUT2D eigenvalue weighted by molar-refractivity contribution is 8.02. The van der Waals surface area contributed by atoms with Gasteiger partial charge in [-0.2, -0.15) is 0 Å². The second-order valence-electron chi connectivity index (χ2n) is 6.12. The molecule has 2 aliphatic heterocycles. The summed E-state index contributed by atoms with van der Waals surface area (Å²) >= 11 is 7.39. The number of piperidine rings is 1. The van der Waals surface area contributed by atoms with E-state index in [4.69, 9.17) is 11.6 Å². The molecule has 0 N–H and O–H groups in total. The van der Waals surface area contributed by atoms with Crippen molar-refractivity contribution in [1.29, 1.82) is 0 Å². The Bertz CT molecular complexity index is 597. The summed E-state index contributed by atoms with van der Waals surface area (Å²) in [4.78, 5) is 28.1. The van der Waals surface area contributed by atoms with Crippen LogP contribution in [0.1, 0.15) is 24.8 Å². The summed E-state index contributed by atoms with van der Waals surface area (Å²) in [6, 6.07) is 8.12. The van der Waals surface area contributed by atoms with Gasteiger partial charge in [0.1, 0.15) is 0 Å². The lowest BCUT2D eigenvalue weighted by atomic mass is 10.0. The second kappa shape index (κ2) is 6.73. The number of halogens is 1. The van der Waals surface area contributed by atoms with Crippen LogP contribution in [0, 0.1) is 6.92 Å². The van der Waals surface area contributed by atoms with E-state index in [0.29, 0.717) is 31.1 Å². The highest BCUT2D eigenvalue weighted by atomic mass is 35.5. The van der Waals surface area contributed by atoms with E-state index < -0.39 is 0 Å². The van der Waals surface area contributed by atoms with E-state index in [1.54, 1.807) is 11.8 Å². The quantitative estimate of drug-likeness (QED) is 0.785. The summed E-state index contributed by atoms with van der Waals surface area (Å²) in [6.45, 7) is 3.43. The number of aryl methyl sites for hydroxylation is 1. The molecule has 124 valence electrons. The maximum Gasteiger partial charge on any atom is 0.238 e. The van der Waals surface area contributed by atoms with Crippen LogP contribution in [-0.4, -0.2) is 46.3 Å². The molecule has 1 spiro atoms. The van der Waals surface area contributed by atoms with Gasteiger partial charge in [0.05, 0.1) is 10.6 Å². The molecule has 1 aromatic carbocycles. The molecule has 6 heteroatoms. The first-order chi connectivity index (χ1) is 11.1. The van der Waals surface area contributed by atoms with Gasteiger partial charge < -0.3 is 4.90 Å². The molecule has 0 bridgehead atoms. The molecule has 0 radical (unpaired) electrons. The highest BCUT2D eigenvalue weighted by Crippen LogP contribution is 2.46. The minimum absolute atomic E-state index is 0.117. The number of rotatable bonds is 3. The number of benzene rings is 1. The smallest absolute Gasteiger partial charge is 0.238 e. The van der Waals surface area contributed by atoms with Crippen LogP contribution >= 0.6 is 23.4 Å². The summed E-state index contributed by atoms with van der Waals surface area (Å²) in [5.74, 6) is 1.16. The fraction of sp³-hybridized carbons (Fsp3) is 0.529. The summed E-state index contributed by atoms with van der Waals surface area (Å²) < 4.78 is 0. The zero-order valence-electron chi connectivity index (χ0n) is 13.3. The Labute approximate surface area is 146 Å². The van der Waals surface area contributed by atoms with Crippen molar-refractivity contribution in [3.8, 4) is 0 Å². The first-order valence-corrected chi connectivity index (χ1v) is 9.45. The topological polar surface area (TPSA) is 40.6 Å². The zero-order valence-corrected chi connectivity index (χ0v) is 14.8. The van der Waals surface area contributed by atoms with Crippen molar-refractivity contribution in [2.24, 2.45) is 0 Å². The molecule has 1 aromatic rings. The molecule has 0 saturated carbocycles. The van der Waals surface area contributed by atoms with Gasteiger partial charge in [-0.05, 0) is 31.9 Å². The lowest BCUT2D eigenvalue weighted by Crippen LogP contribution is -2.53. The van der Waals surface area contributed by atoms with Gasteiger partial charge in [0.15, 0.2) is 0 Å². The Balaban J connectivity index is 1.77. The number of likely N-dealkylation sites (tertiary alicyclic amines) is 1. The molecule has 2 aliphatic rings. The third-order valence-corrected chi connectivity index (χ3v) is 6.33. The van der Waals surface area contributed by atoms with E-state index in [0.717, 1.165) is 18.5 Å². The van der Waals surface area contributed by atoms with Gasteiger partial charge in [0.25, 0.3) is 0 Å². The Morgan fingerprint density at radius 2 is 1.91 bits per heavy atom. The Kier molecular flexibility index (Phi) is 4.87. The zero-order chi connectivity index (χ0) is 16.4. The number of alkyl halides is 1. The van der Waals surface area contributed by atoms with E-state index in [-0.39, 0.29) is 16.7 Å². The van der Waals surface area contributed by atoms with Gasteiger partial charge in [0.2, 0.25) is 11.8 Å². The predicted molar refractivity (Wildman–Crippen MR) is 95.0 cm³/mol. The molecule has 3 rings (SSSR count). The molecule has 2 fully saturated rings. The largest absolute Gasteiger partial charge is 0.342 e. The van der Waals surface area contributed by atoms with Crippen LogP contribution in [0.4, 0.5) is 5.69 Å². The maximum absolute atomic E-state index is 12.5. The monoisotopic (exact) mass is 352 g/mol. The van der Waals surface area contributed by atoms with Crippen molar-refractivity contribution in [3.63, 3.8) is 0 Å². The standard InChI is InChI=1S/C17H21ClN2O2S/c1-13-2-4-14(5-3-13)20-16(22)12-23-17(20)7-10-19(11-8-17)15(21)6-9-18/h2-5H,6-12H2,1H3. The van der Waals surface area contributed by atoms with Crippen molar-refractivity contribution in [3.05, 3.63) is 29.8 Å². The molecular weight excluding hydrogens is 332 g/mol. The fourth-order valence-electron chi connectivity index (χ4n) is 3.34. The fourth-order valence-corrected chi connectivity index (χ4v) is 4.83. The molecule has 2 amide bonds. The van der Waals surface area contributed by atoms with E-state index >= 15 is 0 Å². The van der Waals surface area contributed by atoms with Gasteiger partial charge in [-0.1, -0.05) is 17.7 Å². The van der Waals surface area contributed by atoms with Crippen LogP contribution in [0.5, 0.6) is 0 Å². The third-order valence-electron chi connectivity index (χ3n) is 4.62. The van der Waals surface area contributed by atoms with E-state index in [1.165, 1.54) is 5.56 Å². The average molecular weight is 353 g/mol. The Morgan fingerprint density at radius 3 is 2.52 bits per heavy atom. The molecule has 2 heterocycles. The van der Waals surface area contributed by atoms with Crippen molar-refractivity contribution >= 4 is 40.9 Å². The molecular formula is C17H21ClN2O2S. The van der Waals surface area contributed by atoms with E-state index in [2.05, 4.69) is 0 Å². The molecule has 0 atom stereocenters. The summed E-state index contributed by atoms with van der Waals surface area (Å²) in [7, 11) is 0. The molecule has 0 aliphatic carbocycles. The van der Waals surface area contributed by atoms with Crippen molar-refractivity contribution in [1.82, 2.24) is 4.90 Å². The number of anilines is 1. The average Bonchev–Trinajstić information content (AvgIpc) is 2.86. The number of hydrogen-bond acceptors (Lipinski definition) is 3. The van der Waals surface area contributed by atoms with Crippen molar-refractivity contribution in [2.45, 2.75) is 31.1 Å². The van der Waals surface area contributed by atoms with Gasteiger partial charge in [0, 0.05) is 31.1 Å². The van der Waals surface area contributed by atoms with E-state index in [1.807, 2.05) is 41.0 Å². The van der Waals surface area contributed by atoms with Crippen LogP contribution in [0.3, 0.4) is 0 Å². The number of thioether (sulfide) groups is 1. The summed E-state index contributed by atoms with van der Waals surface area (Å²) in [5, 5.41) is 0. The summed E-state index contributed by atoms with van der Waals surface area (Å²) in [5.41, 5.74) is 2.15. The molecule has 0 unspecified atom stereocenters. The minimum Gasteiger partial charge on any atom is -0.342 e. The molecule has 0 aromatic heterocycles. The van der Waals surface area contributed by atoms with Crippen LogP contribution in [-0.2, 0) is 9.59 Å². The molecule has 2 saturated heterocycles. The SMILES string of the molecule is Cc1ccc(N2C(=O)CSC23CCN(C(=O)CCCl)CC3)cc1. The number of hydrogen-bond donors (Lipinski definition) is 0. The second-order valence-corrected chi connectivity index (χ2v) is 7.83. The van der Waals surface area contributed by atoms with Gasteiger partial charge >= 0.3 is 0 Å². The number of carbonyl (C=O) groups excluding carboxylic acids is 2. The first kappa shape index (κ1) is 16.7. The van der Waals surface area contributed by atoms with Crippen LogP contribution in [0.2, 0.25) is 0 Å². The normalized spacial score (nSPS) is 20.3. The number of carbonyl (C=O) groups is 2. The highest BCUT2D eigenvalue weighted by Gasteiger charge is 2.48. The first-order valence-electron chi connectivity index (χ1n) is 7.93. The van der Waals surface area contributed by atoms with Crippen LogP contribution in [0.25, 0.3) is 0 Å². The molecule has 23 heavy (non-hydrogen) atoms. The van der Waals surface area contributed by atoms with Crippen molar-refractivity contribution < 1.29 is 9.59 Å². The predicted octanol–water partition coefficient (Wildman–Crippen LogP) is 3.02. The maximum atomic E-state index is 12.5. The third kappa shape index (κ3) is 3.22. The Morgan fingerprint density at radius 1 is 1.26 bits per heavy atom. The lowest BCUT2D eigenvalue weighted by Gasteiger charge is -2.44. The van der Waals surface area contributed by atoms with Gasteiger partial charge in [-0.15, -0.1) is 23.4 Å². The number of nitrogens with zero attached hydrogens (tertiary/aromatic N) is 2. The van der Waals surface area contributed by atoms with Crippen LogP contribution in [0.15, 0.2) is 24.3 Å². The van der Waals surface area contributed by atoms with Gasteiger partial charge in [-0.3, -0.25) is 14.5 Å². The Hall–Kier alpha value is -1.20. The minimum atomic E-state index is -0.204. The number of amides is 2. The van der Waals surface area contributed by atoms with Crippen LogP contribution < -0.4 is 4.90 Å².